The van der Waals surface area contributed by atoms with Crippen LogP contribution in [0.25, 0.3) is 0 Å². The summed E-state index contributed by atoms with van der Waals surface area (Å²) >= 11 is 0. The number of ketones is 1. The zero-order valence-electron chi connectivity index (χ0n) is 20.8. The number of hydrogen-bond donors (Lipinski definition) is 2. The van der Waals surface area contributed by atoms with E-state index in [1.165, 1.54) is 57.8 Å². The molecule has 0 amide bonds. The first kappa shape index (κ1) is 33.0. The minimum absolute atomic E-state index is 0. The van der Waals surface area contributed by atoms with E-state index < -0.39 is 22.0 Å². The van der Waals surface area contributed by atoms with Crippen LogP contribution in [-0.2, 0) is 14.9 Å². The molecule has 0 radical (unpaired) electrons. The number of nitrogens with zero attached hydrogens (tertiary/aromatic N) is 2. The van der Waals surface area contributed by atoms with Crippen molar-refractivity contribution in [3.05, 3.63) is 0 Å². The van der Waals surface area contributed by atoms with Crippen molar-refractivity contribution in [1.82, 2.24) is 4.90 Å². The average molecular weight is 500 g/mol. The van der Waals surface area contributed by atoms with Crippen LogP contribution >= 0.6 is 0 Å². The van der Waals surface area contributed by atoms with E-state index >= 15 is 0 Å². The van der Waals surface area contributed by atoms with Gasteiger partial charge >= 0.3 is 35.4 Å². The number of carbonyl (C=O) groups excluding carboxylic acids is 1. The summed E-state index contributed by atoms with van der Waals surface area (Å²) in [7, 11) is -4.54. The molecule has 188 valence electrons. The molecule has 0 aromatic carbocycles. The molecule has 1 heterocycles. The molecule has 0 saturated heterocycles. The summed E-state index contributed by atoms with van der Waals surface area (Å²) < 4.78 is 34.3. The fourth-order valence-corrected chi connectivity index (χ4v) is 4.88. The van der Waals surface area contributed by atoms with E-state index in [4.69, 9.17) is 0 Å². The molecule has 1 atom stereocenters. The summed E-state index contributed by atoms with van der Waals surface area (Å²) in [6.45, 7) is 3.35. The fraction of sp³-hybridized carbons (Fsp3) is 0.913. The van der Waals surface area contributed by atoms with Gasteiger partial charge in [-0.3, -0.25) is 14.3 Å². The van der Waals surface area contributed by atoms with Gasteiger partial charge in [0, 0.05) is 6.42 Å². The van der Waals surface area contributed by atoms with Gasteiger partial charge in [-0.05, 0) is 6.42 Å². The standard InChI is InChI=1S/C23H44N2O6S.Na/c1-2-3-4-5-6-7-8-9-10-11-12-13-14-22(28)23-24(17-18-26)15-16-25(23)19-21(27)20-32(29,30)31;/h21,26-27H,2-20H2,1H3;/q;+1. The Hall–Kier alpha value is -0.0300. The van der Waals surface area contributed by atoms with Crippen LogP contribution < -0.4 is 29.6 Å². The maximum atomic E-state index is 12.8. The summed E-state index contributed by atoms with van der Waals surface area (Å²) in [5.74, 6) is -0.506. The van der Waals surface area contributed by atoms with Crippen LogP contribution in [0, 0.1) is 0 Å². The van der Waals surface area contributed by atoms with Crippen molar-refractivity contribution in [3.63, 3.8) is 0 Å². The first-order valence-corrected chi connectivity index (χ1v) is 14.0. The number of β-amino-alcohol motifs (C(OH)–C–C–N with tert-alkyl or cyclic N) is 2. The van der Waals surface area contributed by atoms with Gasteiger partial charge in [-0.1, -0.05) is 77.6 Å². The van der Waals surface area contributed by atoms with Crippen LogP contribution in [0.1, 0.15) is 90.4 Å². The third kappa shape index (κ3) is 15.6. The number of unbranched alkanes of at least 4 members (excludes halogenated alkanes) is 11. The van der Waals surface area contributed by atoms with Gasteiger partial charge in [0.2, 0.25) is 5.78 Å². The maximum absolute atomic E-state index is 12.8. The van der Waals surface area contributed by atoms with Gasteiger partial charge in [0.15, 0.2) is 0 Å². The van der Waals surface area contributed by atoms with Gasteiger partial charge in [-0.25, -0.2) is 8.42 Å². The third-order valence-corrected chi connectivity index (χ3v) is 6.74. The van der Waals surface area contributed by atoms with Gasteiger partial charge in [0.25, 0.3) is 0 Å². The Balaban J connectivity index is 0.0000102. The predicted octanol–water partition coefficient (Wildman–Crippen LogP) is -0.724. The summed E-state index contributed by atoms with van der Waals surface area (Å²) in [6.07, 6.45) is 13.7. The molecule has 0 aliphatic carbocycles. The van der Waals surface area contributed by atoms with Crippen LogP contribution in [-0.4, -0.2) is 88.9 Å². The zero-order valence-corrected chi connectivity index (χ0v) is 23.7. The van der Waals surface area contributed by atoms with E-state index in [-0.39, 0.29) is 48.5 Å². The van der Waals surface area contributed by atoms with E-state index in [0.29, 0.717) is 31.9 Å². The van der Waals surface area contributed by atoms with Crippen molar-refractivity contribution in [3.8, 4) is 0 Å². The third-order valence-electron chi connectivity index (χ3n) is 5.94. The van der Waals surface area contributed by atoms with Crippen molar-refractivity contribution in [2.75, 3.05) is 38.5 Å². The predicted molar refractivity (Wildman–Crippen MR) is 125 cm³/mol. The summed E-state index contributed by atoms with van der Waals surface area (Å²) in [6, 6.07) is 0. The molecule has 8 nitrogen and oxygen atoms in total. The van der Waals surface area contributed by atoms with Gasteiger partial charge in [-0.15, -0.1) is 0 Å². The number of rotatable bonds is 20. The molecule has 0 bridgehead atoms. The molecule has 10 heteroatoms. The van der Waals surface area contributed by atoms with Gasteiger partial charge < -0.3 is 14.8 Å². The normalized spacial score (nSPS) is 15.1. The van der Waals surface area contributed by atoms with E-state index in [9.17, 15) is 28.0 Å². The van der Waals surface area contributed by atoms with Crippen molar-refractivity contribution in [2.45, 2.75) is 96.5 Å². The Morgan fingerprint density at radius 1 is 1.03 bits per heavy atom. The first-order valence-electron chi connectivity index (χ1n) is 12.4. The van der Waals surface area contributed by atoms with Gasteiger partial charge in [0.1, 0.15) is 32.3 Å². The van der Waals surface area contributed by atoms with Crippen molar-refractivity contribution in [1.29, 1.82) is 0 Å². The summed E-state index contributed by atoms with van der Waals surface area (Å²) in [5.41, 5.74) is 0. The maximum Gasteiger partial charge on any atom is 1.00 e. The van der Waals surface area contributed by atoms with E-state index in [0.717, 1.165) is 19.3 Å². The fourth-order valence-electron chi connectivity index (χ4n) is 4.30. The first-order chi connectivity index (χ1) is 15.3. The Bertz CT molecular complexity index is 672. The van der Waals surface area contributed by atoms with Crippen LogP contribution in [0.5, 0.6) is 0 Å². The molecule has 0 saturated carbocycles. The molecule has 1 unspecified atom stereocenters. The Morgan fingerprint density at radius 2 is 1.55 bits per heavy atom. The molecule has 0 aromatic rings. The van der Waals surface area contributed by atoms with Gasteiger partial charge in [0.05, 0.1) is 22.5 Å². The van der Waals surface area contributed by atoms with Crippen molar-refractivity contribution >= 4 is 21.7 Å². The Morgan fingerprint density at radius 3 is 2.03 bits per heavy atom. The second kappa shape index (κ2) is 19.2. The van der Waals surface area contributed by atoms with Crippen molar-refractivity contribution in [2.24, 2.45) is 0 Å². The molecule has 1 aliphatic rings. The van der Waals surface area contributed by atoms with Crippen LogP contribution in [0.15, 0.2) is 0 Å². The van der Waals surface area contributed by atoms with E-state index in [1.807, 2.05) is 0 Å². The molecule has 0 fully saturated rings. The molecular formula is C23H44N2NaO6S+. The molecule has 0 spiro atoms. The van der Waals surface area contributed by atoms with Crippen LogP contribution in [0.2, 0.25) is 0 Å². The molecular weight excluding hydrogens is 455 g/mol. The molecule has 1 rings (SSSR count). The van der Waals surface area contributed by atoms with Gasteiger partial charge in [-0.2, -0.15) is 0 Å². The molecule has 1 aliphatic heterocycles. The number of carbonyl (C=O) groups is 1. The second-order valence-electron chi connectivity index (χ2n) is 8.92. The summed E-state index contributed by atoms with van der Waals surface area (Å²) in [5, 5.41) is 19.2. The van der Waals surface area contributed by atoms with Crippen molar-refractivity contribution < 1.29 is 62.1 Å². The Kier molecular flexibility index (Phi) is 19.2. The number of Topliss-reactive ketones (excluding diaryl/α,β-unsaturated/α-hetero) is 1. The SMILES string of the molecule is CCCCCCCCCCCCCCC(=O)C1=[N+](CC(O)CS(=O)(=O)[O-])CCN1CCO.[Na+]. The smallest absolute Gasteiger partial charge is 0.748 e. The second-order valence-corrected chi connectivity index (χ2v) is 10.4. The van der Waals surface area contributed by atoms with Crippen LogP contribution in [0.4, 0.5) is 0 Å². The zero-order chi connectivity index (χ0) is 23.8. The minimum atomic E-state index is -4.54. The summed E-state index contributed by atoms with van der Waals surface area (Å²) in [4.78, 5) is 14.6. The topological polar surface area (TPSA) is 121 Å². The van der Waals surface area contributed by atoms with E-state index in [2.05, 4.69) is 6.92 Å². The number of aliphatic hydroxyl groups excluding tert-OH is 2. The molecule has 2 N–H and O–H groups in total. The largest absolute Gasteiger partial charge is 1.00 e. The monoisotopic (exact) mass is 499 g/mol. The number of amidine groups is 1. The van der Waals surface area contributed by atoms with E-state index in [1.54, 1.807) is 9.48 Å². The minimum Gasteiger partial charge on any atom is -0.748 e. The average Bonchev–Trinajstić information content (AvgIpc) is 3.09. The molecule has 0 aromatic heterocycles. The molecule has 33 heavy (non-hydrogen) atoms. The quantitative estimate of drug-likeness (QED) is 0.0981. The van der Waals surface area contributed by atoms with Crippen LogP contribution in [0.3, 0.4) is 0 Å². The number of hydrogen-bond acceptors (Lipinski definition) is 7. The Labute approximate surface area is 222 Å². The number of aliphatic hydroxyl groups is 2.